The van der Waals surface area contributed by atoms with Crippen molar-refractivity contribution in [2.75, 3.05) is 6.61 Å². The third-order valence-electron chi connectivity index (χ3n) is 7.11. The molecule has 224 valence electrons. The van der Waals surface area contributed by atoms with Crippen molar-refractivity contribution in [1.82, 2.24) is 0 Å². The molecule has 0 aromatic heterocycles. The molecule has 1 aliphatic rings. The zero-order chi connectivity index (χ0) is 29.7. The minimum atomic E-state index is -0.910. The lowest BCUT2D eigenvalue weighted by Crippen LogP contribution is -2.62. The Morgan fingerprint density at radius 1 is 0.558 bits per heavy atom. The molecule has 1 saturated heterocycles. The van der Waals surface area contributed by atoms with Crippen LogP contribution in [0.25, 0.3) is 0 Å². The predicted molar refractivity (Wildman–Crippen MR) is 162 cm³/mol. The monoisotopic (exact) mass is 582 g/mol. The second-order valence-corrected chi connectivity index (χ2v) is 10.4. The van der Waals surface area contributed by atoms with Crippen molar-refractivity contribution in [3.05, 3.63) is 144 Å². The number of esters is 1. The molecule has 0 bridgehead atoms. The summed E-state index contributed by atoms with van der Waals surface area (Å²) >= 11 is 0. The molecule has 0 aliphatic carbocycles. The van der Waals surface area contributed by atoms with E-state index in [-0.39, 0.29) is 19.8 Å². The summed E-state index contributed by atoms with van der Waals surface area (Å²) in [7, 11) is 0. The van der Waals surface area contributed by atoms with Gasteiger partial charge in [-0.2, -0.15) is 0 Å². The Bertz CT molecular complexity index is 1350. The van der Waals surface area contributed by atoms with Crippen molar-refractivity contribution in [2.45, 2.75) is 64.1 Å². The third kappa shape index (κ3) is 9.32. The molecule has 4 aromatic carbocycles. The Morgan fingerprint density at radius 3 is 1.44 bits per heavy atom. The summed E-state index contributed by atoms with van der Waals surface area (Å²) in [6.45, 7) is 2.87. The van der Waals surface area contributed by atoms with Gasteiger partial charge in [0.05, 0.1) is 33.0 Å². The van der Waals surface area contributed by atoms with E-state index < -0.39 is 36.7 Å². The Labute approximate surface area is 253 Å². The van der Waals surface area contributed by atoms with Gasteiger partial charge in [-0.3, -0.25) is 4.79 Å². The second-order valence-electron chi connectivity index (χ2n) is 10.4. The lowest BCUT2D eigenvalue weighted by Gasteiger charge is -2.45. The maximum Gasteiger partial charge on any atom is 0.303 e. The van der Waals surface area contributed by atoms with E-state index >= 15 is 0 Å². The highest BCUT2D eigenvalue weighted by atomic mass is 16.7. The standard InChI is InChI=1S/C36H38O7/c1-27(37)42-35-34(40-24-30-18-10-4-11-19-30)33(39-23-29-16-8-3-9-17-29)32(26-38-22-28-14-6-2-7-15-28)43-36(35)41-25-31-20-12-5-13-21-31/h2-21,32-36H,22-26H2,1H3/t32-,33+,34+,35-,36-/m1/s1. The van der Waals surface area contributed by atoms with E-state index in [9.17, 15) is 4.79 Å². The first kappa shape index (κ1) is 30.6. The van der Waals surface area contributed by atoms with E-state index in [0.29, 0.717) is 13.2 Å². The average Bonchev–Trinajstić information content (AvgIpc) is 3.05. The molecule has 1 aliphatic heterocycles. The minimum Gasteiger partial charge on any atom is -0.454 e. The van der Waals surface area contributed by atoms with Gasteiger partial charge >= 0.3 is 5.97 Å². The number of ether oxygens (including phenoxy) is 6. The third-order valence-corrected chi connectivity index (χ3v) is 7.11. The van der Waals surface area contributed by atoms with Gasteiger partial charge in [0.1, 0.15) is 18.3 Å². The fraction of sp³-hybridized carbons (Fsp3) is 0.306. The molecule has 1 fully saturated rings. The second kappa shape index (κ2) is 16.1. The van der Waals surface area contributed by atoms with Crippen molar-refractivity contribution in [2.24, 2.45) is 0 Å². The summed E-state index contributed by atoms with van der Waals surface area (Å²) in [5, 5.41) is 0. The van der Waals surface area contributed by atoms with Crippen LogP contribution in [-0.4, -0.2) is 43.3 Å². The van der Waals surface area contributed by atoms with Gasteiger partial charge in [-0.15, -0.1) is 0 Å². The molecular weight excluding hydrogens is 544 g/mol. The number of carbonyl (C=O) groups is 1. The van der Waals surface area contributed by atoms with Crippen molar-refractivity contribution in [3.8, 4) is 0 Å². The Kier molecular flexibility index (Phi) is 11.5. The van der Waals surface area contributed by atoms with E-state index in [1.54, 1.807) is 0 Å². The van der Waals surface area contributed by atoms with Crippen LogP contribution in [-0.2, 0) is 59.6 Å². The molecule has 7 nitrogen and oxygen atoms in total. The highest BCUT2D eigenvalue weighted by Crippen LogP contribution is 2.31. The summed E-state index contributed by atoms with van der Waals surface area (Å²) < 4.78 is 37.9. The van der Waals surface area contributed by atoms with Gasteiger partial charge in [0.25, 0.3) is 0 Å². The lowest BCUT2D eigenvalue weighted by molar-refractivity contribution is -0.323. The molecule has 5 rings (SSSR count). The van der Waals surface area contributed by atoms with E-state index in [4.69, 9.17) is 28.4 Å². The van der Waals surface area contributed by atoms with Gasteiger partial charge < -0.3 is 28.4 Å². The highest BCUT2D eigenvalue weighted by molar-refractivity contribution is 5.66. The highest BCUT2D eigenvalue weighted by Gasteiger charge is 2.50. The van der Waals surface area contributed by atoms with Gasteiger partial charge in [0.15, 0.2) is 12.4 Å². The molecule has 0 N–H and O–H groups in total. The first-order valence-electron chi connectivity index (χ1n) is 14.6. The summed E-state index contributed by atoms with van der Waals surface area (Å²) in [5.74, 6) is -0.462. The largest absolute Gasteiger partial charge is 0.454 e. The van der Waals surface area contributed by atoms with Crippen LogP contribution in [0.15, 0.2) is 121 Å². The SMILES string of the molecule is CC(=O)O[C@H]1[C@H](OCc2ccccc2)O[C@H](COCc2ccccc2)[C@H](OCc2ccccc2)[C@@H]1OCc1ccccc1. The summed E-state index contributed by atoms with van der Waals surface area (Å²) in [5.41, 5.74) is 4.00. The molecule has 0 amide bonds. The molecule has 0 spiro atoms. The smallest absolute Gasteiger partial charge is 0.303 e. The summed E-state index contributed by atoms with van der Waals surface area (Å²) in [6.07, 6.45) is -3.68. The van der Waals surface area contributed by atoms with Crippen LogP contribution in [0.3, 0.4) is 0 Å². The quantitative estimate of drug-likeness (QED) is 0.163. The fourth-order valence-corrected chi connectivity index (χ4v) is 5.01. The van der Waals surface area contributed by atoms with Crippen LogP contribution in [0.4, 0.5) is 0 Å². The van der Waals surface area contributed by atoms with Crippen LogP contribution in [0.2, 0.25) is 0 Å². The zero-order valence-corrected chi connectivity index (χ0v) is 24.3. The fourth-order valence-electron chi connectivity index (χ4n) is 5.01. The van der Waals surface area contributed by atoms with Crippen LogP contribution in [0.1, 0.15) is 29.2 Å². The van der Waals surface area contributed by atoms with Gasteiger partial charge in [-0.05, 0) is 22.3 Å². The van der Waals surface area contributed by atoms with Crippen molar-refractivity contribution >= 4 is 5.97 Å². The van der Waals surface area contributed by atoms with Crippen LogP contribution < -0.4 is 0 Å². The van der Waals surface area contributed by atoms with E-state index in [1.165, 1.54) is 6.92 Å². The van der Waals surface area contributed by atoms with E-state index in [2.05, 4.69) is 0 Å². The molecule has 4 aromatic rings. The van der Waals surface area contributed by atoms with Crippen LogP contribution in [0.5, 0.6) is 0 Å². The van der Waals surface area contributed by atoms with Gasteiger partial charge in [0, 0.05) is 6.92 Å². The maximum atomic E-state index is 12.4. The Morgan fingerprint density at radius 2 is 0.977 bits per heavy atom. The molecule has 43 heavy (non-hydrogen) atoms. The van der Waals surface area contributed by atoms with Gasteiger partial charge in [-0.25, -0.2) is 0 Å². The number of hydrogen-bond donors (Lipinski definition) is 0. The number of benzene rings is 4. The Balaban J connectivity index is 1.41. The molecule has 7 heteroatoms. The normalized spacial score (nSPS) is 21.7. The van der Waals surface area contributed by atoms with E-state index in [0.717, 1.165) is 22.3 Å². The number of carbonyl (C=O) groups excluding carboxylic acids is 1. The number of rotatable bonds is 14. The predicted octanol–water partition coefficient (Wildman–Crippen LogP) is 6.25. The summed E-state index contributed by atoms with van der Waals surface area (Å²) in [4.78, 5) is 12.4. The Hall–Kier alpha value is -3.85. The zero-order valence-electron chi connectivity index (χ0n) is 24.3. The van der Waals surface area contributed by atoms with Crippen LogP contribution >= 0.6 is 0 Å². The maximum absolute atomic E-state index is 12.4. The van der Waals surface area contributed by atoms with E-state index in [1.807, 2.05) is 121 Å². The number of hydrogen-bond acceptors (Lipinski definition) is 7. The molecule has 1 heterocycles. The molecule has 0 saturated carbocycles. The first-order chi connectivity index (χ1) is 21.2. The van der Waals surface area contributed by atoms with Crippen LogP contribution in [0, 0.1) is 0 Å². The minimum absolute atomic E-state index is 0.220. The van der Waals surface area contributed by atoms with Crippen molar-refractivity contribution in [3.63, 3.8) is 0 Å². The van der Waals surface area contributed by atoms with Crippen molar-refractivity contribution < 1.29 is 33.2 Å². The average molecular weight is 583 g/mol. The topological polar surface area (TPSA) is 72.5 Å². The molecule has 0 radical (unpaired) electrons. The van der Waals surface area contributed by atoms with Crippen molar-refractivity contribution in [1.29, 1.82) is 0 Å². The van der Waals surface area contributed by atoms with Gasteiger partial charge in [0.2, 0.25) is 0 Å². The molecule has 0 unspecified atom stereocenters. The lowest BCUT2D eigenvalue weighted by atomic mass is 9.97. The molecular formula is C36H38O7. The summed E-state index contributed by atoms with van der Waals surface area (Å²) in [6, 6.07) is 39.5. The van der Waals surface area contributed by atoms with Gasteiger partial charge in [-0.1, -0.05) is 121 Å². The first-order valence-corrected chi connectivity index (χ1v) is 14.6. The molecule has 5 atom stereocenters.